The normalized spacial score (nSPS) is 23.4. The summed E-state index contributed by atoms with van der Waals surface area (Å²) in [7, 11) is 0. The summed E-state index contributed by atoms with van der Waals surface area (Å²) >= 11 is 0. The van der Waals surface area contributed by atoms with E-state index in [2.05, 4.69) is 10.6 Å². The van der Waals surface area contributed by atoms with Crippen LogP contribution < -0.4 is 10.6 Å². The van der Waals surface area contributed by atoms with Crippen molar-refractivity contribution in [2.75, 3.05) is 13.2 Å². The lowest BCUT2D eigenvalue weighted by molar-refractivity contribution is -0.128. The molecule has 2 amide bonds. The van der Waals surface area contributed by atoms with Gasteiger partial charge in [0.25, 0.3) is 0 Å². The Hall–Kier alpha value is -2.18. The molecular weight excluding hydrogens is 348 g/mol. The van der Waals surface area contributed by atoms with E-state index in [0.29, 0.717) is 19.6 Å². The van der Waals surface area contributed by atoms with Crippen molar-refractivity contribution in [3.05, 3.63) is 12.2 Å². The highest BCUT2D eigenvalue weighted by Gasteiger charge is 2.29. The Balaban J connectivity index is 1.62. The molecule has 2 aliphatic rings. The number of carbonyl (C=O) groups excluding carboxylic acids is 4. The molecule has 150 valence electrons. The van der Waals surface area contributed by atoms with Crippen molar-refractivity contribution in [2.24, 2.45) is 17.8 Å². The topological polar surface area (TPSA) is 102 Å². The van der Waals surface area contributed by atoms with Gasteiger partial charge in [0.05, 0.1) is 12.5 Å². The van der Waals surface area contributed by atoms with Gasteiger partial charge < -0.3 is 15.4 Å². The maximum absolute atomic E-state index is 12.3. The lowest BCUT2D eigenvalue weighted by Gasteiger charge is -2.28. The summed E-state index contributed by atoms with van der Waals surface area (Å²) in [6.45, 7) is 6.39. The van der Waals surface area contributed by atoms with Crippen molar-refractivity contribution in [3.8, 4) is 0 Å². The Labute approximate surface area is 160 Å². The number of alkyl carbamates (subject to hydrolysis) is 1. The molecule has 2 N–H and O–H groups in total. The van der Waals surface area contributed by atoms with Crippen LogP contribution in [0, 0.1) is 17.8 Å². The van der Waals surface area contributed by atoms with E-state index in [4.69, 9.17) is 4.74 Å². The molecule has 7 heteroatoms. The van der Waals surface area contributed by atoms with Crippen LogP contribution >= 0.6 is 0 Å². The monoisotopic (exact) mass is 378 g/mol. The van der Waals surface area contributed by atoms with Crippen LogP contribution in [0.25, 0.3) is 0 Å². The molecule has 2 aliphatic carbocycles. The second kappa shape index (κ2) is 9.15. The molecule has 27 heavy (non-hydrogen) atoms. The predicted octanol–water partition coefficient (Wildman–Crippen LogP) is 2.15. The standard InChI is InChI=1S/C20H30N2O5/c1-20(2,3)22-19(26)27-12-13-4-6-14(7-5-13)18(25)21-11-10-15-16(23)8-9-17(15)24/h8-9,13-15H,4-7,10-12H2,1-3H3,(H,21,25)(H,22,26). The van der Waals surface area contributed by atoms with Gasteiger partial charge in [-0.3, -0.25) is 14.4 Å². The lowest BCUT2D eigenvalue weighted by Crippen LogP contribution is -2.41. The molecule has 0 aliphatic heterocycles. The van der Waals surface area contributed by atoms with Crippen LogP contribution in [0.3, 0.4) is 0 Å². The SMILES string of the molecule is CC(C)(C)NC(=O)OCC1CCC(C(=O)NCCC2C(=O)C=CC2=O)CC1. The fourth-order valence-electron chi connectivity index (χ4n) is 3.43. The van der Waals surface area contributed by atoms with Crippen molar-refractivity contribution >= 4 is 23.6 Å². The number of ether oxygens (including phenoxy) is 1. The van der Waals surface area contributed by atoms with Gasteiger partial charge in [0.15, 0.2) is 11.6 Å². The van der Waals surface area contributed by atoms with Gasteiger partial charge in [-0.25, -0.2) is 4.79 Å². The summed E-state index contributed by atoms with van der Waals surface area (Å²) in [5.41, 5.74) is -0.323. The largest absolute Gasteiger partial charge is 0.449 e. The number of amides is 2. The first-order valence-corrected chi connectivity index (χ1v) is 9.64. The first kappa shape index (κ1) is 21.1. The maximum Gasteiger partial charge on any atom is 0.407 e. The van der Waals surface area contributed by atoms with E-state index in [9.17, 15) is 19.2 Å². The fourth-order valence-corrected chi connectivity index (χ4v) is 3.43. The van der Waals surface area contributed by atoms with Crippen molar-refractivity contribution < 1.29 is 23.9 Å². The quantitative estimate of drug-likeness (QED) is 0.690. The van der Waals surface area contributed by atoms with Crippen LogP contribution in [0.4, 0.5) is 4.79 Å². The maximum atomic E-state index is 12.3. The van der Waals surface area contributed by atoms with E-state index in [1.165, 1.54) is 12.2 Å². The molecule has 7 nitrogen and oxygen atoms in total. The number of nitrogens with one attached hydrogen (secondary N) is 2. The van der Waals surface area contributed by atoms with Gasteiger partial charge in [0, 0.05) is 18.0 Å². The summed E-state index contributed by atoms with van der Waals surface area (Å²) in [5.74, 6) is -0.782. The van der Waals surface area contributed by atoms with Crippen molar-refractivity contribution in [1.29, 1.82) is 0 Å². The highest BCUT2D eigenvalue weighted by Crippen LogP contribution is 2.29. The molecule has 0 unspecified atom stereocenters. The number of allylic oxidation sites excluding steroid dienone is 2. The zero-order valence-electron chi connectivity index (χ0n) is 16.4. The van der Waals surface area contributed by atoms with Crippen molar-refractivity contribution in [1.82, 2.24) is 10.6 Å². The number of carbonyl (C=O) groups is 4. The van der Waals surface area contributed by atoms with E-state index in [1.807, 2.05) is 20.8 Å². The highest BCUT2D eigenvalue weighted by molar-refractivity contribution is 6.18. The predicted molar refractivity (Wildman–Crippen MR) is 100.0 cm³/mol. The Bertz CT molecular complexity index is 594. The Kier molecular flexibility index (Phi) is 7.16. The first-order valence-electron chi connectivity index (χ1n) is 9.64. The van der Waals surface area contributed by atoms with Gasteiger partial charge in [-0.1, -0.05) is 0 Å². The van der Waals surface area contributed by atoms with Crippen molar-refractivity contribution in [3.63, 3.8) is 0 Å². The number of hydrogen-bond donors (Lipinski definition) is 2. The van der Waals surface area contributed by atoms with Crippen LogP contribution in [0.15, 0.2) is 12.2 Å². The summed E-state index contributed by atoms with van der Waals surface area (Å²) in [6.07, 6.45) is 5.73. The Morgan fingerprint density at radius 2 is 1.67 bits per heavy atom. The third kappa shape index (κ3) is 6.81. The number of ketones is 2. The molecule has 0 radical (unpaired) electrons. The lowest BCUT2D eigenvalue weighted by atomic mass is 9.82. The van der Waals surface area contributed by atoms with Gasteiger partial charge in [-0.05, 0) is 70.9 Å². The Morgan fingerprint density at radius 1 is 1.07 bits per heavy atom. The van der Waals surface area contributed by atoms with Crippen LogP contribution in [0.2, 0.25) is 0 Å². The van der Waals surface area contributed by atoms with Crippen LogP contribution in [-0.2, 0) is 19.1 Å². The van der Waals surface area contributed by atoms with Crippen LogP contribution in [0.5, 0.6) is 0 Å². The molecule has 0 heterocycles. The number of rotatable bonds is 6. The van der Waals surface area contributed by atoms with Crippen LogP contribution in [0.1, 0.15) is 52.9 Å². The summed E-state index contributed by atoms with van der Waals surface area (Å²) in [4.78, 5) is 47.0. The third-order valence-electron chi connectivity index (χ3n) is 4.98. The summed E-state index contributed by atoms with van der Waals surface area (Å²) < 4.78 is 5.27. The fraction of sp³-hybridized carbons (Fsp3) is 0.700. The molecular formula is C20H30N2O5. The Morgan fingerprint density at radius 3 is 2.22 bits per heavy atom. The molecule has 0 aromatic rings. The molecule has 2 rings (SSSR count). The van der Waals surface area contributed by atoms with E-state index in [0.717, 1.165) is 25.7 Å². The van der Waals surface area contributed by atoms with E-state index >= 15 is 0 Å². The zero-order chi connectivity index (χ0) is 20.0. The molecule has 0 bridgehead atoms. The molecule has 1 fully saturated rings. The molecule has 0 saturated heterocycles. The minimum atomic E-state index is -0.627. The average molecular weight is 378 g/mol. The van der Waals surface area contributed by atoms with Gasteiger partial charge in [-0.15, -0.1) is 0 Å². The smallest absolute Gasteiger partial charge is 0.407 e. The van der Waals surface area contributed by atoms with E-state index in [1.54, 1.807) is 0 Å². The van der Waals surface area contributed by atoms with Crippen LogP contribution in [-0.4, -0.2) is 42.3 Å². The average Bonchev–Trinajstić information content (AvgIpc) is 2.91. The third-order valence-corrected chi connectivity index (χ3v) is 4.98. The van der Waals surface area contributed by atoms with E-state index in [-0.39, 0.29) is 34.8 Å². The van der Waals surface area contributed by atoms with Gasteiger partial charge in [0.2, 0.25) is 5.91 Å². The molecule has 1 saturated carbocycles. The molecule has 0 aromatic heterocycles. The second-order valence-electron chi connectivity index (χ2n) is 8.46. The summed E-state index contributed by atoms with van der Waals surface area (Å²) in [6, 6.07) is 0. The van der Waals surface area contributed by atoms with Gasteiger partial charge >= 0.3 is 6.09 Å². The van der Waals surface area contributed by atoms with Gasteiger partial charge in [-0.2, -0.15) is 0 Å². The highest BCUT2D eigenvalue weighted by atomic mass is 16.5. The minimum Gasteiger partial charge on any atom is -0.449 e. The molecule has 0 aromatic carbocycles. The number of hydrogen-bond acceptors (Lipinski definition) is 5. The molecule has 0 atom stereocenters. The zero-order valence-corrected chi connectivity index (χ0v) is 16.4. The summed E-state index contributed by atoms with van der Waals surface area (Å²) in [5, 5.41) is 5.61. The second-order valence-corrected chi connectivity index (χ2v) is 8.46. The first-order chi connectivity index (χ1) is 12.7. The molecule has 0 spiro atoms. The van der Waals surface area contributed by atoms with Gasteiger partial charge in [0.1, 0.15) is 0 Å². The van der Waals surface area contributed by atoms with Crippen molar-refractivity contribution in [2.45, 2.75) is 58.4 Å². The van der Waals surface area contributed by atoms with E-state index < -0.39 is 12.0 Å². The minimum absolute atomic E-state index is 0.0225.